The maximum Gasteiger partial charge on any atom is 0.160 e. The fourth-order valence-corrected chi connectivity index (χ4v) is 14.4. The van der Waals surface area contributed by atoms with E-state index in [1.165, 1.54) is 27.8 Å². The normalized spacial score (nSPS) is 14.3. The Balaban J connectivity index is 1.01. The summed E-state index contributed by atoms with van der Waals surface area (Å²) in [5, 5.41) is 8.67. The number of fused-ring (bicyclic) bond motifs is 22. The highest BCUT2D eigenvalue weighted by Gasteiger charge is 2.45. The topological polar surface area (TPSA) is 55.8 Å². The quantitative estimate of drug-likeness (QED) is 0.172. The van der Waals surface area contributed by atoms with Crippen molar-refractivity contribution in [2.24, 2.45) is 0 Å². The molecule has 0 radical (unpaired) electrons. The van der Waals surface area contributed by atoms with E-state index in [1.807, 2.05) is 0 Å². The van der Waals surface area contributed by atoms with Crippen LogP contribution < -0.4 is 4.90 Å². The Labute approximate surface area is 468 Å². The van der Waals surface area contributed by atoms with Gasteiger partial charge in [-0.05, 0) is 116 Å². The van der Waals surface area contributed by atoms with Crippen molar-refractivity contribution < 1.29 is 17.7 Å². The van der Waals surface area contributed by atoms with E-state index >= 15 is 0 Å². The molecular formula is C76H55NO4. The van der Waals surface area contributed by atoms with E-state index < -0.39 is 10.8 Å². The molecular weight excluding hydrogens is 991 g/mol. The van der Waals surface area contributed by atoms with Crippen LogP contribution in [-0.4, -0.2) is 0 Å². The van der Waals surface area contributed by atoms with Gasteiger partial charge in [-0.15, -0.1) is 0 Å². The standard InChI is InChI=1S/C76H55NO4/c1-74(2,3)44-34-36-45(37-35-44)77(56-40-54-66(64-48-28-16-20-32-60(48)78-70(56)64)68-52(75(54,4)5)38-50(42-22-10-8-11-23-42)62-46-26-14-18-30-58(46)80-72(62)68)57-41-55-67(65-49-29-17-21-33-61(49)79-71(57)65)69-53(76(55,6)7)39-51(43-24-12-9-13-25-43)63-47-27-15-19-31-59(47)81-73(63)69/h8-41H,1-7H3. The van der Waals surface area contributed by atoms with Crippen molar-refractivity contribution in [1.29, 1.82) is 0 Å². The number of anilines is 3. The molecule has 4 heterocycles. The summed E-state index contributed by atoms with van der Waals surface area (Å²) in [4.78, 5) is 2.44. The summed E-state index contributed by atoms with van der Waals surface area (Å²) in [6.45, 7) is 16.4. The van der Waals surface area contributed by atoms with Crippen molar-refractivity contribution in [1.82, 2.24) is 0 Å². The van der Waals surface area contributed by atoms with Gasteiger partial charge in [0.25, 0.3) is 0 Å². The van der Waals surface area contributed by atoms with Gasteiger partial charge in [-0.25, -0.2) is 0 Å². The minimum absolute atomic E-state index is 0.0741. The summed E-state index contributed by atoms with van der Waals surface area (Å²) in [5.41, 5.74) is 23.8. The first-order valence-corrected chi connectivity index (χ1v) is 28.3. The Morgan fingerprint density at radius 3 is 1.05 bits per heavy atom. The SMILES string of the molecule is CC(C)(C)c1ccc(N(c2cc3c(c4c2oc2ccccc24)-c2c(cc(-c4ccccc4)c4c2oc2ccccc24)C3(C)C)c2cc3c(c4c2oc2ccccc24)-c2c(cc(-c4ccccc4)c4c2oc2ccccc24)C3(C)C)cc1. The highest BCUT2D eigenvalue weighted by Crippen LogP contribution is 2.63. The van der Waals surface area contributed by atoms with Crippen molar-refractivity contribution in [3.63, 3.8) is 0 Å². The molecule has 5 nitrogen and oxygen atoms in total. The maximum atomic E-state index is 7.43. The summed E-state index contributed by atoms with van der Waals surface area (Å²) in [6.07, 6.45) is 0. The zero-order chi connectivity index (χ0) is 54.4. The van der Waals surface area contributed by atoms with Gasteiger partial charge in [-0.1, -0.05) is 194 Å². The first kappa shape index (κ1) is 46.3. The predicted octanol–water partition coefficient (Wildman–Crippen LogP) is 22.0. The Morgan fingerprint density at radius 1 is 0.333 bits per heavy atom. The molecule has 0 saturated carbocycles. The molecule has 388 valence electrons. The Bertz CT molecular complexity index is 4890. The molecule has 0 fully saturated rings. The monoisotopic (exact) mass is 1050 g/mol. The largest absolute Gasteiger partial charge is 0.455 e. The molecule has 0 N–H and O–H groups in total. The third-order valence-electron chi connectivity index (χ3n) is 18.4. The molecule has 0 unspecified atom stereocenters. The Kier molecular flexibility index (Phi) is 9.18. The van der Waals surface area contributed by atoms with E-state index in [9.17, 15) is 0 Å². The number of benzene rings is 11. The summed E-state index contributed by atoms with van der Waals surface area (Å²) in [6, 6.07) is 74.6. The van der Waals surface area contributed by atoms with Gasteiger partial charge in [0, 0.05) is 81.9 Å². The van der Waals surface area contributed by atoms with Crippen LogP contribution in [0.25, 0.3) is 132 Å². The lowest BCUT2D eigenvalue weighted by Gasteiger charge is -2.30. The maximum absolute atomic E-state index is 7.43. The Hall–Kier alpha value is -9.58. The first-order valence-electron chi connectivity index (χ1n) is 28.3. The molecule has 2 aliphatic rings. The molecule has 0 aliphatic heterocycles. The van der Waals surface area contributed by atoms with Crippen LogP contribution in [0.1, 0.15) is 76.3 Å². The number of para-hydroxylation sites is 4. The van der Waals surface area contributed by atoms with Crippen molar-refractivity contribution in [2.45, 2.75) is 64.7 Å². The van der Waals surface area contributed by atoms with Crippen molar-refractivity contribution in [3.05, 3.63) is 234 Å². The molecule has 4 aromatic heterocycles. The number of nitrogens with zero attached hydrogens (tertiary/aromatic N) is 1. The van der Waals surface area contributed by atoms with Crippen molar-refractivity contribution in [3.8, 4) is 44.5 Å². The van der Waals surface area contributed by atoms with E-state index in [2.05, 4.69) is 260 Å². The third kappa shape index (κ3) is 6.21. The van der Waals surface area contributed by atoms with Crippen LogP contribution in [0.3, 0.4) is 0 Å². The lowest BCUT2D eigenvalue weighted by atomic mass is 9.80. The second-order valence-corrected chi connectivity index (χ2v) is 24.7. The molecule has 0 amide bonds. The van der Waals surface area contributed by atoms with Gasteiger partial charge < -0.3 is 22.6 Å². The second kappa shape index (κ2) is 16.0. The molecule has 0 bridgehead atoms. The van der Waals surface area contributed by atoms with Crippen LogP contribution in [0.15, 0.2) is 224 Å². The van der Waals surface area contributed by atoms with Crippen LogP contribution in [-0.2, 0) is 16.2 Å². The zero-order valence-electron chi connectivity index (χ0n) is 46.2. The highest BCUT2D eigenvalue weighted by molar-refractivity contribution is 6.28. The first-order chi connectivity index (χ1) is 39.3. The van der Waals surface area contributed by atoms with Gasteiger partial charge in [0.15, 0.2) is 11.2 Å². The average Bonchev–Trinajstić information content (AvgIpc) is 3.88. The van der Waals surface area contributed by atoms with E-state index in [0.29, 0.717) is 0 Å². The van der Waals surface area contributed by atoms with Gasteiger partial charge in [0.05, 0.1) is 11.4 Å². The summed E-state index contributed by atoms with van der Waals surface area (Å²) >= 11 is 0. The predicted molar refractivity (Wildman–Crippen MR) is 335 cm³/mol. The van der Waals surface area contributed by atoms with Crippen molar-refractivity contribution >= 4 is 105 Å². The molecule has 2 aliphatic carbocycles. The molecule has 17 rings (SSSR count). The summed E-state index contributed by atoms with van der Waals surface area (Å²) < 4.78 is 29.2. The fraction of sp³-hybridized carbons (Fsp3) is 0.132. The smallest absolute Gasteiger partial charge is 0.160 e. The second-order valence-electron chi connectivity index (χ2n) is 24.7. The third-order valence-corrected chi connectivity index (χ3v) is 18.4. The number of hydrogen-bond donors (Lipinski definition) is 0. The number of hydrogen-bond acceptors (Lipinski definition) is 5. The van der Waals surface area contributed by atoms with Crippen LogP contribution in [0.5, 0.6) is 0 Å². The van der Waals surface area contributed by atoms with Crippen molar-refractivity contribution in [2.75, 3.05) is 4.90 Å². The molecule has 81 heavy (non-hydrogen) atoms. The van der Waals surface area contributed by atoms with Gasteiger partial charge in [0.2, 0.25) is 0 Å². The molecule has 15 aromatic rings. The van der Waals surface area contributed by atoms with Crippen LogP contribution in [0, 0.1) is 0 Å². The van der Waals surface area contributed by atoms with Gasteiger partial charge in [0.1, 0.15) is 33.5 Å². The minimum atomic E-state index is -0.491. The Morgan fingerprint density at radius 2 is 0.667 bits per heavy atom. The fourth-order valence-electron chi connectivity index (χ4n) is 14.4. The van der Waals surface area contributed by atoms with Crippen LogP contribution >= 0.6 is 0 Å². The average molecular weight is 1050 g/mol. The van der Waals surface area contributed by atoms with E-state index in [-0.39, 0.29) is 5.41 Å². The molecule has 0 saturated heterocycles. The van der Waals surface area contributed by atoms with Gasteiger partial charge in [-0.2, -0.15) is 0 Å². The highest BCUT2D eigenvalue weighted by atomic mass is 16.3. The lowest BCUT2D eigenvalue weighted by Crippen LogP contribution is -2.19. The summed E-state index contributed by atoms with van der Waals surface area (Å²) in [5.74, 6) is 0. The van der Waals surface area contributed by atoms with Gasteiger partial charge in [-0.3, -0.25) is 0 Å². The van der Waals surface area contributed by atoms with Crippen LogP contribution in [0.4, 0.5) is 17.1 Å². The molecule has 0 atom stereocenters. The zero-order valence-corrected chi connectivity index (χ0v) is 46.2. The summed E-state index contributed by atoms with van der Waals surface area (Å²) in [7, 11) is 0. The number of furan rings is 4. The minimum Gasteiger partial charge on any atom is -0.455 e. The lowest BCUT2D eigenvalue weighted by molar-refractivity contribution is 0.590. The number of rotatable bonds is 5. The van der Waals surface area contributed by atoms with E-state index in [1.54, 1.807) is 0 Å². The van der Waals surface area contributed by atoms with Crippen LogP contribution in [0.2, 0.25) is 0 Å². The molecule has 5 heteroatoms. The van der Waals surface area contributed by atoms with Gasteiger partial charge >= 0.3 is 0 Å². The van der Waals surface area contributed by atoms with E-state index in [4.69, 9.17) is 17.7 Å². The molecule has 11 aromatic carbocycles. The molecule has 0 spiro atoms. The van der Waals surface area contributed by atoms with E-state index in [0.717, 1.165) is 149 Å².